The third-order valence-corrected chi connectivity index (χ3v) is 3.27. The molecule has 2 heterocycles. The summed E-state index contributed by atoms with van der Waals surface area (Å²) >= 11 is 0. The number of nitrogen functional groups attached to an aromatic ring is 1. The molecule has 0 amide bonds. The van der Waals surface area contributed by atoms with Gasteiger partial charge in [-0.05, 0) is 31.0 Å². The second-order valence-corrected chi connectivity index (χ2v) is 4.58. The molecule has 2 aromatic rings. The van der Waals surface area contributed by atoms with Crippen LogP contribution in [0.2, 0.25) is 0 Å². The van der Waals surface area contributed by atoms with Gasteiger partial charge in [0.15, 0.2) is 5.82 Å². The molecule has 1 aromatic carbocycles. The maximum absolute atomic E-state index is 13.0. The first-order valence-electron chi connectivity index (χ1n) is 6.21. The smallest absolute Gasteiger partial charge is 0.260 e. The van der Waals surface area contributed by atoms with E-state index < -0.39 is 0 Å². The summed E-state index contributed by atoms with van der Waals surface area (Å²) in [5, 5.41) is 3.99. The van der Waals surface area contributed by atoms with Crippen LogP contribution in [0.5, 0.6) is 0 Å². The summed E-state index contributed by atoms with van der Waals surface area (Å²) in [6.07, 6.45) is 1.77. The highest BCUT2D eigenvalue weighted by molar-refractivity contribution is 5.70. The van der Waals surface area contributed by atoms with Crippen LogP contribution in [-0.2, 0) is 4.74 Å². The minimum Gasteiger partial charge on any atom is -0.398 e. The molecule has 1 fully saturated rings. The second kappa shape index (κ2) is 4.97. The van der Waals surface area contributed by atoms with Gasteiger partial charge < -0.3 is 15.0 Å². The molecule has 1 aliphatic heterocycles. The molecule has 0 unspecified atom stereocenters. The predicted molar refractivity (Wildman–Crippen MR) is 66.9 cm³/mol. The number of rotatable bonds is 2. The predicted octanol–water partition coefficient (Wildman–Crippen LogP) is 2.35. The topological polar surface area (TPSA) is 74.2 Å². The van der Waals surface area contributed by atoms with E-state index in [0.29, 0.717) is 36.2 Å². The van der Waals surface area contributed by atoms with Crippen LogP contribution in [0.25, 0.3) is 11.5 Å². The van der Waals surface area contributed by atoms with Crippen molar-refractivity contribution in [3.8, 4) is 11.5 Å². The van der Waals surface area contributed by atoms with E-state index in [9.17, 15) is 4.39 Å². The molecule has 0 aliphatic carbocycles. The largest absolute Gasteiger partial charge is 0.398 e. The van der Waals surface area contributed by atoms with Gasteiger partial charge in [0, 0.05) is 24.8 Å². The zero-order chi connectivity index (χ0) is 13.2. The number of nitrogens with two attached hydrogens (primary N) is 1. The molecule has 0 spiro atoms. The van der Waals surface area contributed by atoms with Gasteiger partial charge in [0.05, 0.1) is 5.56 Å². The van der Waals surface area contributed by atoms with E-state index >= 15 is 0 Å². The SMILES string of the molecule is Nc1cc(F)ccc1-c1nc(C2CCOCC2)no1. The lowest BCUT2D eigenvalue weighted by Gasteiger charge is -2.18. The number of benzene rings is 1. The van der Waals surface area contributed by atoms with E-state index in [0.717, 1.165) is 12.8 Å². The van der Waals surface area contributed by atoms with Crippen molar-refractivity contribution >= 4 is 5.69 Å². The summed E-state index contributed by atoms with van der Waals surface area (Å²) in [6.45, 7) is 1.43. The molecule has 2 N–H and O–H groups in total. The lowest BCUT2D eigenvalue weighted by Crippen LogP contribution is -2.15. The monoisotopic (exact) mass is 263 g/mol. The van der Waals surface area contributed by atoms with Gasteiger partial charge in [-0.2, -0.15) is 4.98 Å². The minimum absolute atomic E-state index is 0.257. The van der Waals surface area contributed by atoms with Crippen LogP contribution in [0, 0.1) is 5.82 Å². The van der Waals surface area contributed by atoms with Crippen LogP contribution in [0.15, 0.2) is 22.7 Å². The highest BCUT2D eigenvalue weighted by atomic mass is 19.1. The number of nitrogens with zero attached hydrogens (tertiary/aromatic N) is 2. The summed E-state index contributed by atoms with van der Waals surface area (Å²) < 4.78 is 23.5. The molecular formula is C13H14FN3O2. The molecule has 0 radical (unpaired) electrons. The molecule has 1 aromatic heterocycles. The average molecular weight is 263 g/mol. The van der Waals surface area contributed by atoms with Crippen LogP contribution in [0.1, 0.15) is 24.6 Å². The molecule has 100 valence electrons. The second-order valence-electron chi connectivity index (χ2n) is 4.58. The van der Waals surface area contributed by atoms with Crippen molar-refractivity contribution in [3.63, 3.8) is 0 Å². The lowest BCUT2D eigenvalue weighted by atomic mass is 10.00. The van der Waals surface area contributed by atoms with Crippen molar-refractivity contribution in [3.05, 3.63) is 29.8 Å². The van der Waals surface area contributed by atoms with E-state index in [2.05, 4.69) is 10.1 Å². The van der Waals surface area contributed by atoms with Crippen LogP contribution in [0.3, 0.4) is 0 Å². The standard InChI is InChI=1S/C13H14FN3O2/c14-9-1-2-10(11(15)7-9)13-16-12(17-19-13)8-3-5-18-6-4-8/h1-2,7-8H,3-6,15H2. The molecule has 3 rings (SSSR count). The van der Waals surface area contributed by atoms with Gasteiger partial charge in [-0.3, -0.25) is 0 Å². The van der Waals surface area contributed by atoms with Crippen molar-refractivity contribution in [2.45, 2.75) is 18.8 Å². The van der Waals surface area contributed by atoms with Gasteiger partial charge in [0.25, 0.3) is 5.89 Å². The van der Waals surface area contributed by atoms with Crippen molar-refractivity contribution in [2.75, 3.05) is 18.9 Å². The number of ether oxygens (including phenoxy) is 1. The Bertz CT molecular complexity index is 579. The fourth-order valence-electron chi connectivity index (χ4n) is 2.19. The summed E-state index contributed by atoms with van der Waals surface area (Å²) in [5.74, 6) is 0.874. The lowest BCUT2D eigenvalue weighted by molar-refractivity contribution is 0.0830. The Morgan fingerprint density at radius 1 is 1.26 bits per heavy atom. The summed E-state index contributed by atoms with van der Waals surface area (Å²) in [7, 11) is 0. The maximum Gasteiger partial charge on any atom is 0.260 e. The van der Waals surface area contributed by atoms with Gasteiger partial charge >= 0.3 is 0 Å². The molecular weight excluding hydrogens is 249 g/mol. The number of hydrogen-bond acceptors (Lipinski definition) is 5. The minimum atomic E-state index is -0.384. The molecule has 0 saturated carbocycles. The Hall–Kier alpha value is -1.95. The number of aromatic nitrogens is 2. The third kappa shape index (κ3) is 2.44. The molecule has 5 nitrogen and oxygen atoms in total. The molecule has 0 bridgehead atoms. The van der Waals surface area contributed by atoms with Gasteiger partial charge in [0.1, 0.15) is 5.82 Å². The molecule has 19 heavy (non-hydrogen) atoms. The van der Waals surface area contributed by atoms with Crippen molar-refractivity contribution < 1.29 is 13.7 Å². The van der Waals surface area contributed by atoms with Crippen LogP contribution in [0.4, 0.5) is 10.1 Å². The normalized spacial score (nSPS) is 16.7. The first kappa shape index (κ1) is 12.1. The third-order valence-electron chi connectivity index (χ3n) is 3.27. The summed E-state index contributed by atoms with van der Waals surface area (Å²) in [4.78, 5) is 4.36. The Kier molecular flexibility index (Phi) is 3.16. The van der Waals surface area contributed by atoms with Crippen LogP contribution < -0.4 is 5.73 Å². The molecule has 1 saturated heterocycles. The zero-order valence-electron chi connectivity index (χ0n) is 10.3. The van der Waals surface area contributed by atoms with Gasteiger partial charge in [-0.25, -0.2) is 4.39 Å². The molecule has 0 atom stereocenters. The fraction of sp³-hybridized carbons (Fsp3) is 0.385. The van der Waals surface area contributed by atoms with Crippen LogP contribution in [-0.4, -0.2) is 23.4 Å². The Morgan fingerprint density at radius 2 is 2.05 bits per heavy atom. The highest BCUT2D eigenvalue weighted by Gasteiger charge is 2.22. The van der Waals surface area contributed by atoms with E-state index in [-0.39, 0.29) is 11.7 Å². The first-order valence-corrected chi connectivity index (χ1v) is 6.21. The number of hydrogen-bond donors (Lipinski definition) is 1. The Balaban J connectivity index is 1.87. The summed E-state index contributed by atoms with van der Waals surface area (Å²) in [5.41, 5.74) is 6.61. The first-order chi connectivity index (χ1) is 9.24. The van der Waals surface area contributed by atoms with Gasteiger partial charge in [0.2, 0.25) is 0 Å². The maximum atomic E-state index is 13.0. The van der Waals surface area contributed by atoms with Gasteiger partial charge in [-0.15, -0.1) is 0 Å². The number of anilines is 1. The van der Waals surface area contributed by atoms with Gasteiger partial charge in [-0.1, -0.05) is 5.16 Å². The zero-order valence-corrected chi connectivity index (χ0v) is 10.3. The Morgan fingerprint density at radius 3 is 2.79 bits per heavy atom. The van der Waals surface area contributed by atoms with Crippen molar-refractivity contribution in [1.29, 1.82) is 0 Å². The van der Waals surface area contributed by atoms with Crippen molar-refractivity contribution in [1.82, 2.24) is 10.1 Å². The van der Waals surface area contributed by atoms with Crippen LogP contribution >= 0.6 is 0 Å². The number of halogens is 1. The van der Waals surface area contributed by atoms with E-state index in [1.54, 1.807) is 6.07 Å². The molecule has 1 aliphatic rings. The van der Waals surface area contributed by atoms with E-state index in [4.69, 9.17) is 15.0 Å². The van der Waals surface area contributed by atoms with E-state index in [1.165, 1.54) is 12.1 Å². The average Bonchev–Trinajstić information content (AvgIpc) is 2.89. The summed E-state index contributed by atoms with van der Waals surface area (Å²) in [6, 6.07) is 4.11. The fourth-order valence-corrected chi connectivity index (χ4v) is 2.19. The highest BCUT2D eigenvalue weighted by Crippen LogP contribution is 2.29. The van der Waals surface area contributed by atoms with E-state index in [1.807, 2.05) is 0 Å². The van der Waals surface area contributed by atoms with Crippen molar-refractivity contribution in [2.24, 2.45) is 0 Å². The molecule has 6 heteroatoms. The Labute approximate surface area is 109 Å². The quantitative estimate of drug-likeness (QED) is 0.842.